The summed E-state index contributed by atoms with van der Waals surface area (Å²) in [5.74, 6) is 0.343. The standard InChI is InChI=1S/C4H11N5O.ClH/c1-6-3(5)8-4(7-2)9-10;/h9H2,1-2H3,(H3,5,6,7,8);1H. The van der Waals surface area contributed by atoms with Crippen LogP contribution in [0.2, 0.25) is 0 Å². The Balaban J connectivity index is 0. The second-order valence-corrected chi connectivity index (χ2v) is 1.46. The van der Waals surface area contributed by atoms with E-state index in [1.165, 1.54) is 14.1 Å². The van der Waals surface area contributed by atoms with Crippen molar-refractivity contribution in [2.45, 2.75) is 0 Å². The van der Waals surface area contributed by atoms with Crippen molar-refractivity contribution in [3.8, 4) is 0 Å². The number of hydrogen-bond acceptors (Lipinski definition) is 3. The fourth-order valence-electron chi connectivity index (χ4n) is 0.325. The number of rotatable bonds is 0. The molecular formula is C4H12ClN5O. The van der Waals surface area contributed by atoms with Crippen molar-refractivity contribution in [3.05, 3.63) is 5.21 Å². The van der Waals surface area contributed by atoms with Gasteiger partial charge < -0.3 is 16.4 Å². The van der Waals surface area contributed by atoms with Gasteiger partial charge in [-0.1, -0.05) is 0 Å². The van der Waals surface area contributed by atoms with Crippen molar-refractivity contribution in [2.24, 2.45) is 15.7 Å². The van der Waals surface area contributed by atoms with Crippen molar-refractivity contribution in [1.82, 2.24) is 5.32 Å². The van der Waals surface area contributed by atoms with Gasteiger partial charge in [0.2, 0.25) is 0 Å². The Morgan fingerprint density at radius 3 is 2.27 bits per heavy atom. The summed E-state index contributed by atoms with van der Waals surface area (Å²) < 4.78 is 0. The Labute approximate surface area is 71.0 Å². The molecule has 0 unspecified atom stereocenters. The van der Waals surface area contributed by atoms with Gasteiger partial charge in [0.1, 0.15) is 0 Å². The maximum Gasteiger partial charge on any atom is 0.300 e. The van der Waals surface area contributed by atoms with Crippen molar-refractivity contribution in [3.63, 3.8) is 0 Å². The fraction of sp³-hybridized carbons (Fsp3) is 0.500. The van der Waals surface area contributed by atoms with Crippen molar-refractivity contribution < 1.29 is 5.48 Å². The van der Waals surface area contributed by atoms with Gasteiger partial charge >= 0.3 is 5.96 Å². The van der Waals surface area contributed by atoms with Gasteiger partial charge in [-0.05, 0) is 0 Å². The molecule has 0 amide bonds. The first-order valence-electron chi connectivity index (χ1n) is 2.65. The Bertz CT molecular complexity index is 157. The van der Waals surface area contributed by atoms with E-state index in [1.54, 1.807) is 0 Å². The van der Waals surface area contributed by atoms with Crippen LogP contribution in [0.5, 0.6) is 0 Å². The van der Waals surface area contributed by atoms with Gasteiger partial charge in [0.05, 0.1) is 0 Å². The molecule has 0 aliphatic rings. The summed E-state index contributed by atoms with van der Waals surface area (Å²) in [5, 5.41) is 12.6. The number of guanidine groups is 2. The summed E-state index contributed by atoms with van der Waals surface area (Å²) in [6.45, 7) is 0. The lowest BCUT2D eigenvalue weighted by molar-refractivity contribution is -0.466. The molecule has 6 nitrogen and oxygen atoms in total. The molecule has 0 aromatic rings. The van der Waals surface area contributed by atoms with E-state index in [0.717, 1.165) is 0 Å². The molecule has 7 heteroatoms. The second-order valence-electron chi connectivity index (χ2n) is 1.46. The van der Waals surface area contributed by atoms with E-state index in [0.29, 0.717) is 5.48 Å². The Morgan fingerprint density at radius 2 is 2.00 bits per heavy atom. The van der Waals surface area contributed by atoms with Gasteiger partial charge in [0, 0.05) is 14.1 Å². The first kappa shape index (κ1) is 12.8. The zero-order valence-electron chi connectivity index (χ0n) is 6.37. The van der Waals surface area contributed by atoms with Crippen molar-refractivity contribution in [2.75, 3.05) is 14.1 Å². The minimum Gasteiger partial charge on any atom is -0.628 e. The minimum absolute atomic E-state index is 0. The summed E-state index contributed by atoms with van der Waals surface area (Å²) in [7, 11) is 3.00. The lowest BCUT2D eigenvalue weighted by Gasteiger charge is -2.05. The number of aliphatic imine (C=N–C) groups is 2. The highest BCUT2D eigenvalue weighted by Crippen LogP contribution is 1.58. The lowest BCUT2D eigenvalue weighted by atomic mass is 10.8. The molecule has 0 heterocycles. The SMILES string of the molecule is CN=C(N)NC(=NC)[NH2+][O-].Cl. The maximum absolute atomic E-state index is 10.1. The minimum atomic E-state index is 0. The molecule has 0 bridgehead atoms. The summed E-state index contributed by atoms with van der Waals surface area (Å²) in [6.07, 6.45) is 0. The van der Waals surface area contributed by atoms with Gasteiger partial charge in [-0.15, -0.1) is 12.4 Å². The van der Waals surface area contributed by atoms with Crippen molar-refractivity contribution in [1.29, 1.82) is 0 Å². The largest absolute Gasteiger partial charge is 0.628 e. The fourth-order valence-corrected chi connectivity index (χ4v) is 0.325. The quantitative estimate of drug-likeness (QED) is 0.229. The molecule has 0 atom stereocenters. The molecule has 0 aromatic heterocycles. The molecule has 0 fully saturated rings. The van der Waals surface area contributed by atoms with Crippen LogP contribution in [-0.2, 0) is 0 Å². The van der Waals surface area contributed by atoms with E-state index in [-0.39, 0.29) is 24.3 Å². The van der Waals surface area contributed by atoms with E-state index in [4.69, 9.17) is 5.73 Å². The van der Waals surface area contributed by atoms with Crippen LogP contribution in [0.4, 0.5) is 0 Å². The number of nitrogens with one attached hydrogen (secondary N) is 1. The highest BCUT2D eigenvalue weighted by molar-refractivity contribution is 5.93. The third kappa shape index (κ3) is 5.59. The molecule has 0 spiro atoms. The monoisotopic (exact) mass is 181 g/mol. The van der Waals surface area contributed by atoms with Crippen LogP contribution >= 0.6 is 12.4 Å². The molecule has 0 aromatic carbocycles. The smallest absolute Gasteiger partial charge is 0.300 e. The van der Waals surface area contributed by atoms with Gasteiger partial charge in [-0.3, -0.25) is 10.3 Å². The average molecular weight is 182 g/mol. The van der Waals surface area contributed by atoms with Gasteiger partial charge in [0.25, 0.3) is 0 Å². The van der Waals surface area contributed by atoms with E-state index in [2.05, 4.69) is 15.3 Å². The molecule has 5 N–H and O–H groups in total. The van der Waals surface area contributed by atoms with E-state index < -0.39 is 0 Å². The number of nitrogens with two attached hydrogens (primary N) is 2. The zero-order valence-corrected chi connectivity index (χ0v) is 7.18. The highest BCUT2D eigenvalue weighted by atomic mass is 35.5. The van der Waals surface area contributed by atoms with Gasteiger partial charge in [0.15, 0.2) is 5.96 Å². The van der Waals surface area contributed by atoms with Crippen LogP contribution in [0.1, 0.15) is 0 Å². The van der Waals surface area contributed by atoms with Gasteiger partial charge in [-0.2, -0.15) is 0 Å². The predicted octanol–water partition coefficient (Wildman–Crippen LogP) is -2.01. The van der Waals surface area contributed by atoms with E-state index >= 15 is 0 Å². The van der Waals surface area contributed by atoms with Crippen LogP contribution in [0.25, 0.3) is 0 Å². The molecule has 0 saturated carbocycles. The molecule has 0 rings (SSSR count). The number of nitrogens with zero attached hydrogens (tertiary/aromatic N) is 2. The third-order valence-corrected chi connectivity index (χ3v) is 0.850. The van der Waals surface area contributed by atoms with E-state index in [9.17, 15) is 5.21 Å². The van der Waals surface area contributed by atoms with Crippen molar-refractivity contribution >= 4 is 24.3 Å². The first-order chi connectivity index (χ1) is 4.74. The van der Waals surface area contributed by atoms with Crippen LogP contribution in [0.3, 0.4) is 0 Å². The Kier molecular flexibility index (Phi) is 8.44. The maximum atomic E-state index is 10.1. The molecule has 66 valence electrons. The van der Waals surface area contributed by atoms with Gasteiger partial charge in [-0.25, -0.2) is 4.99 Å². The molecule has 11 heavy (non-hydrogen) atoms. The molecule has 0 radical (unpaired) electrons. The van der Waals surface area contributed by atoms with E-state index in [1.807, 2.05) is 0 Å². The zero-order chi connectivity index (χ0) is 7.98. The first-order valence-corrected chi connectivity index (χ1v) is 2.65. The van der Waals surface area contributed by atoms with Crippen LogP contribution < -0.4 is 16.5 Å². The summed E-state index contributed by atoms with van der Waals surface area (Å²) in [6, 6.07) is 0. The number of hydroxylamine groups is 1. The Morgan fingerprint density at radius 1 is 1.45 bits per heavy atom. The molecule has 0 aliphatic heterocycles. The summed E-state index contributed by atoms with van der Waals surface area (Å²) in [4.78, 5) is 7.14. The van der Waals surface area contributed by atoms with Crippen LogP contribution in [0, 0.1) is 5.21 Å². The Hall–Kier alpha value is -0.850. The molecule has 0 aliphatic carbocycles. The summed E-state index contributed by atoms with van der Waals surface area (Å²) >= 11 is 0. The van der Waals surface area contributed by atoms with Crippen LogP contribution in [0.15, 0.2) is 9.98 Å². The second kappa shape index (κ2) is 7.26. The summed E-state index contributed by atoms with van der Waals surface area (Å²) in [5.41, 5.74) is 5.79. The topological polar surface area (TPSA) is 102 Å². The normalized spacial score (nSPS) is 12.3. The van der Waals surface area contributed by atoms with Crippen LogP contribution in [-0.4, -0.2) is 26.0 Å². The third-order valence-electron chi connectivity index (χ3n) is 0.850. The average Bonchev–Trinajstić information content (AvgIpc) is 1.99. The number of quaternary nitrogens is 1. The number of halogens is 1. The highest BCUT2D eigenvalue weighted by Gasteiger charge is 1.95. The number of hydrogen-bond donors (Lipinski definition) is 3. The predicted molar refractivity (Wildman–Crippen MR) is 46.6 cm³/mol. The molecular weight excluding hydrogens is 170 g/mol. The lowest BCUT2D eigenvalue weighted by Crippen LogP contribution is -2.86. The molecule has 0 saturated heterocycles.